The van der Waals surface area contributed by atoms with E-state index in [2.05, 4.69) is 33.0 Å². The number of hydrogen-bond acceptors (Lipinski definition) is 4. The van der Waals surface area contributed by atoms with Crippen molar-refractivity contribution >= 4 is 17.4 Å². The second kappa shape index (κ2) is 8.74. The fourth-order valence-electron chi connectivity index (χ4n) is 3.39. The van der Waals surface area contributed by atoms with Gasteiger partial charge in [0.15, 0.2) is 0 Å². The van der Waals surface area contributed by atoms with E-state index in [1.807, 2.05) is 24.3 Å². The van der Waals surface area contributed by atoms with Gasteiger partial charge in [-0.3, -0.25) is 9.59 Å². The Morgan fingerprint density at radius 2 is 1.67 bits per heavy atom. The number of hydrogen-bond donors (Lipinski definition) is 2. The normalized spacial score (nSPS) is 18.3. The van der Waals surface area contributed by atoms with Crippen molar-refractivity contribution in [3.8, 4) is 5.75 Å². The molecule has 2 N–H and O–H groups in total. The molecule has 2 aromatic carbocycles. The maximum absolute atomic E-state index is 12.5. The van der Waals surface area contributed by atoms with E-state index in [1.54, 1.807) is 24.3 Å². The van der Waals surface area contributed by atoms with E-state index in [-0.39, 0.29) is 16.7 Å². The van der Waals surface area contributed by atoms with Crippen molar-refractivity contribution in [2.75, 3.05) is 6.61 Å². The molecule has 158 valence electrons. The zero-order valence-corrected chi connectivity index (χ0v) is 18.0. The molecule has 0 aromatic heterocycles. The summed E-state index contributed by atoms with van der Waals surface area (Å²) < 4.78 is 5.64. The number of rotatable bonds is 6. The summed E-state index contributed by atoms with van der Waals surface area (Å²) in [5.41, 5.74) is 2.44. The molecule has 30 heavy (non-hydrogen) atoms. The maximum atomic E-state index is 12.5. The Morgan fingerprint density at radius 3 is 2.23 bits per heavy atom. The van der Waals surface area contributed by atoms with Crippen LogP contribution in [0.2, 0.25) is 0 Å². The number of ether oxygens (including phenoxy) is 1. The minimum absolute atomic E-state index is 0.00493. The first-order valence-electron chi connectivity index (χ1n) is 10.3. The largest absolute Gasteiger partial charge is 0.507 e. The van der Waals surface area contributed by atoms with Gasteiger partial charge in [0.05, 0.1) is 18.2 Å². The van der Waals surface area contributed by atoms with Gasteiger partial charge < -0.3 is 15.2 Å². The fraction of sp³-hybridized carbons (Fsp3) is 0.360. The first kappa shape index (κ1) is 21.6. The van der Waals surface area contributed by atoms with Crippen LogP contribution in [0.1, 0.15) is 63.3 Å². The summed E-state index contributed by atoms with van der Waals surface area (Å²) in [5, 5.41) is 13.5. The van der Waals surface area contributed by atoms with Gasteiger partial charge in [0.1, 0.15) is 11.5 Å². The number of unbranched alkanes of at least 4 members (excludes halogenated alkanes) is 1. The Morgan fingerprint density at radius 1 is 1.03 bits per heavy atom. The van der Waals surface area contributed by atoms with Crippen molar-refractivity contribution in [3.63, 3.8) is 0 Å². The van der Waals surface area contributed by atoms with E-state index in [4.69, 9.17) is 4.74 Å². The van der Waals surface area contributed by atoms with Crippen LogP contribution in [-0.4, -0.2) is 23.4 Å². The zero-order valence-electron chi connectivity index (χ0n) is 18.0. The molecular formula is C25H29NO4. The molecule has 1 saturated heterocycles. The first-order chi connectivity index (χ1) is 14.2. The van der Waals surface area contributed by atoms with E-state index in [9.17, 15) is 14.7 Å². The highest BCUT2D eigenvalue weighted by Gasteiger charge is 2.39. The van der Waals surface area contributed by atoms with Gasteiger partial charge in [-0.25, -0.2) is 0 Å². The van der Waals surface area contributed by atoms with Crippen LogP contribution in [0.4, 0.5) is 0 Å². The lowest BCUT2D eigenvalue weighted by Gasteiger charge is -2.20. The number of Topliss-reactive ketones (excluding diaryl/α,β-unsaturated/α-hetero) is 1. The minimum Gasteiger partial charge on any atom is -0.507 e. The summed E-state index contributed by atoms with van der Waals surface area (Å²) in [6.45, 7) is 9.09. The average molecular weight is 408 g/mol. The molecule has 2 aromatic rings. The highest BCUT2D eigenvalue weighted by molar-refractivity contribution is 6.46. The molecule has 5 nitrogen and oxygen atoms in total. The molecule has 1 unspecified atom stereocenters. The van der Waals surface area contributed by atoms with Crippen molar-refractivity contribution in [1.82, 2.24) is 5.32 Å². The number of carbonyl (C=O) groups excluding carboxylic acids is 2. The molecule has 3 rings (SSSR count). The highest BCUT2D eigenvalue weighted by Crippen LogP contribution is 2.34. The zero-order chi connectivity index (χ0) is 21.9. The number of aliphatic hydroxyl groups excluding tert-OH is 1. The molecule has 0 radical (unpaired) electrons. The van der Waals surface area contributed by atoms with Gasteiger partial charge in [-0.2, -0.15) is 0 Å². The summed E-state index contributed by atoms with van der Waals surface area (Å²) in [6.07, 6.45) is 2.02. The average Bonchev–Trinajstić information content (AvgIpc) is 3.02. The van der Waals surface area contributed by atoms with Crippen molar-refractivity contribution in [1.29, 1.82) is 0 Å². The quantitative estimate of drug-likeness (QED) is 0.310. The monoisotopic (exact) mass is 407 g/mol. The van der Waals surface area contributed by atoms with Crippen LogP contribution < -0.4 is 10.1 Å². The van der Waals surface area contributed by atoms with Crippen LogP contribution in [0.5, 0.6) is 5.75 Å². The van der Waals surface area contributed by atoms with Crippen LogP contribution in [0, 0.1) is 0 Å². The predicted molar refractivity (Wildman–Crippen MR) is 117 cm³/mol. The van der Waals surface area contributed by atoms with Crippen LogP contribution >= 0.6 is 0 Å². The highest BCUT2D eigenvalue weighted by atomic mass is 16.5. The Balaban J connectivity index is 1.91. The third kappa shape index (κ3) is 4.56. The van der Waals surface area contributed by atoms with E-state index < -0.39 is 17.7 Å². The van der Waals surface area contributed by atoms with Crippen LogP contribution in [0.3, 0.4) is 0 Å². The topological polar surface area (TPSA) is 75.6 Å². The number of benzene rings is 2. The van der Waals surface area contributed by atoms with E-state index in [0.717, 1.165) is 24.0 Å². The predicted octanol–water partition coefficient (Wildman–Crippen LogP) is 4.87. The summed E-state index contributed by atoms with van der Waals surface area (Å²) in [6, 6.07) is 14.0. The number of ketones is 1. The van der Waals surface area contributed by atoms with Gasteiger partial charge >= 0.3 is 0 Å². The van der Waals surface area contributed by atoms with E-state index in [0.29, 0.717) is 17.9 Å². The lowest BCUT2D eigenvalue weighted by molar-refractivity contribution is -0.133. The lowest BCUT2D eigenvalue weighted by atomic mass is 9.85. The molecule has 1 atom stereocenters. The van der Waals surface area contributed by atoms with Gasteiger partial charge in [-0.05, 0) is 47.2 Å². The van der Waals surface area contributed by atoms with Crippen molar-refractivity contribution in [3.05, 3.63) is 70.8 Å². The molecule has 1 heterocycles. The Hall–Kier alpha value is -3.08. The number of aliphatic hydroxyl groups is 1. The third-order valence-corrected chi connectivity index (χ3v) is 5.27. The third-order valence-electron chi connectivity index (χ3n) is 5.27. The van der Waals surface area contributed by atoms with E-state index in [1.165, 1.54) is 0 Å². The Kier molecular flexibility index (Phi) is 6.30. The molecule has 0 spiro atoms. The molecular weight excluding hydrogens is 378 g/mol. The molecule has 0 aliphatic carbocycles. The van der Waals surface area contributed by atoms with E-state index >= 15 is 0 Å². The molecule has 1 amide bonds. The van der Waals surface area contributed by atoms with Gasteiger partial charge in [-0.1, -0.05) is 58.4 Å². The molecule has 0 bridgehead atoms. The summed E-state index contributed by atoms with van der Waals surface area (Å²) in [4.78, 5) is 24.6. The van der Waals surface area contributed by atoms with Crippen molar-refractivity contribution in [2.45, 2.75) is 52.0 Å². The standard InChI is InChI=1S/C25H29NO4/c1-5-6-15-30-19-13-9-17(10-14-19)22(27)20-21(26-24(29)23(20)28)16-7-11-18(12-8-16)25(2,3)4/h7-14,21,27H,5-6,15H2,1-4H3,(H,26,29)/b22-20+. The molecule has 0 saturated carbocycles. The lowest BCUT2D eigenvalue weighted by Crippen LogP contribution is -2.21. The maximum Gasteiger partial charge on any atom is 0.293 e. The fourth-order valence-corrected chi connectivity index (χ4v) is 3.39. The van der Waals surface area contributed by atoms with Gasteiger partial charge in [-0.15, -0.1) is 0 Å². The molecule has 5 heteroatoms. The second-order valence-corrected chi connectivity index (χ2v) is 8.60. The van der Waals surface area contributed by atoms with Crippen LogP contribution in [0.15, 0.2) is 54.1 Å². The smallest absolute Gasteiger partial charge is 0.293 e. The van der Waals surface area contributed by atoms with Crippen molar-refractivity contribution < 1.29 is 19.4 Å². The summed E-state index contributed by atoms with van der Waals surface area (Å²) in [5.74, 6) is -0.906. The molecule has 1 fully saturated rings. The Labute approximate surface area is 177 Å². The van der Waals surface area contributed by atoms with Gasteiger partial charge in [0, 0.05) is 5.56 Å². The first-order valence-corrected chi connectivity index (χ1v) is 10.3. The van der Waals surface area contributed by atoms with Crippen LogP contribution in [0.25, 0.3) is 5.76 Å². The van der Waals surface area contributed by atoms with Crippen molar-refractivity contribution in [2.24, 2.45) is 0 Å². The van der Waals surface area contributed by atoms with Crippen LogP contribution in [-0.2, 0) is 15.0 Å². The van der Waals surface area contributed by atoms with Gasteiger partial charge in [0.2, 0.25) is 0 Å². The Bertz CT molecular complexity index is 950. The minimum atomic E-state index is -0.708. The summed E-state index contributed by atoms with van der Waals surface area (Å²) >= 11 is 0. The molecule has 1 aliphatic heterocycles. The van der Waals surface area contributed by atoms with Gasteiger partial charge in [0.25, 0.3) is 11.7 Å². The number of carbonyl (C=O) groups is 2. The number of nitrogens with one attached hydrogen (secondary N) is 1. The SMILES string of the molecule is CCCCOc1ccc(/C(O)=C2\C(=O)C(=O)NC2c2ccc(C(C)(C)C)cc2)cc1. The molecule has 1 aliphatic rings. The number of amides is 1. The summed E-state index contributed by atoms with van der Waals surface area (Å²) in [7, 11) is 0. The second-order valence-electron chi connectivity index (χ2n) is 8.60.